The van der Waals surface area contributed by atoms with Crippen molar-refractivity contribution >= 4 is 29.2 Å². The molecule has 0 aliphatic carbocycles. The second kappa shape index (κ2) is 10.7. The van der Waals surface area contributed by atoms with E-state index in [1.165, 1.54) is 24.6 Å². The van der Waals surface area contributed by atoms with E-state index in [-0.39, 0.29) is 35.5 Å². The van der Waals surface area contributed by atoms with Gasteiger partial charge in [0.2, 0.25) is 5.91 Å². The van der Waals surface area contributed by atoms with Gasteiger partial charge in [0, 0.05) is 36.8 Å². The molecule has 2 aromatic rings. The lowest BCUT2D eigenvalue weighted by atomic mass is 10.0. The first-order chi connectivity index (χ1) is 18.0. The minimum atomic E-state index is -5.13. The topological polar surface area (TPSA) is 126 Å². The van der Waals surface area contributed by atoms with Crippen molar-refractivity contribution in [3.8, 4) is 5.75 Å². The van der Waals surface area contributed by atoms with Crippen molar-refractivity contribution in [1.82, 2.24) is 15.1 Å². The monoisotopic (exact) mass is 533 g/mol. The van der Waals surface area contributed by atoms with Crippen molar-refractivity contribution in [3.05, 3.63) is 59.2 Å². The molecule has 10 nitrogen and oxygen atoms in total. The van der Waals surface area contributed by atoms with Crippen molar-refractivity contribution in [2.45, 2.75) is 31.6 Å². The standard InChI is InChI=1S/C25H26F3N5O5/c1-38-20-5-3-2-4-19(20)33(37)14-21(34)31-10-8-17(9-11-31)32-13-16-7-6-15(12-18(16)23(32)35)22(29)30-24(36)25(26,27)28/h2-7,12,17,37H,8-11,13-14H2,1H3,(H2,29,30,36). The van der Waals surface area contributed by atoms with Crippen LogP contribution in [0.3, 0.4) is 0 Å². The molecule has 0 spiro atoms. The lowest BCUT2D eigenvalue weighted by Crippen LogP contribution is -2.49. The summed E-state index contributed by atoms with van der Waals surface area (Å²) in [6.45, 7) is 0.789. The highest BCUT2D eigenvalue weighted by atomic mass is 19.4. The second-order valence-electron chi connectivity index (χ2n) is 8.97. The molecule has 3 amide bonds. The Labute approximate surface area is 216 Å². The number of hydroxylamine groups is 1. The summed E-state index contributed by atoms with van der Waals surface area (Å²) >= 11 is 0. The van der Waals surface area contributed by atoms with Crippen LogP contribution in [0, 0.1) is 5.41 Å². The number of amides is 3. The minimum Gasteiger partial charge on any atom is -0.494 e. The van der Waals surface area contributed by atoms with Crippen LogP contribution in [0.15, 0.2) is 42.5 Å². The molecule has 2 aliphatic heterocycles. The van der Waals surface area contributed by atoms with Gasteiger partial charge < -0.3 is 19.9 Å². The first-order valence-electron chi connectivity index (χ1n) is 11.8. The summed E-state index contributed by atoms with van der Waals surface area (Å²) in [5, 5.41) is 20.5. The summed E-state index contributed by atoms with van der Waals surface area (Å²) < 4.78 is 42.7. The van der Waals surface area contributed by atoms with E-state index < -0.39 is 17.9 Å². The molecule has 13 heteroatoms. The summed E-state index contributed by atoms with van der Waals surface area (Å²) in [6.07, 6.45) is -4.11. The number of likely N-dealkylation sites (tertiary alicyclic amines) is 1. The fourth-order valence-electron chi connectivity index (χ4n) is 4.61. The highest BCUT2D eigenvalue weighted by Crippen LogP contribution is 2.30. The predicted molar refractivity (Wildman–Crippen MR) is 129 cm³/mol. The fraction of sp³-hybridized carbons (Fsp3) is 0.360. The van der Waals surface area contributed by atoms with Crippen LogP contribution in [0.5, 0.6) is 5.75 Å². The molecule has 0 saturated carbocycles. The van der Waals surface area contributed by atoms with Gasteiger partial charge in [0.1, 0.15) is 23.8 Å². The van der Waals surface area contributed by atoms with E-state index in [9.17, 15) is 32.8 Å². The maximum absolute atomic E-state index is 13.1. The zero-order chi connectivity index (χ0) is 27.6. The van der Waals surface area contributed by atoms with Gasteiger partial charge in [-0.05, 0) is 36.6 Å². The summed E-state index contributed by atoms with van der Waals surface area (Å²) in [7, 11) is 1.47. The first kappa shape index (κ1) is 26.9. The Morgan fingerprint density at radius 2 is 1.87 bits per heavy atom. The molecule has 0 bridgehead atoms. The number of ether oxygens (including phenoxy) is 1. The predicted octanol–water partition coefficient (Wildman–Crippen LogP) is 2.54. The zero-order valence-electron chi connectivity index (χ0n) is 20.4. The molecule has 2 aromatic carbocycles. The third-order valence-electron chi connectivity index (χ3n) is 6.63. The Kier molecular flexibility index (Phi) is 7.58. The van der Waals surface area contributed by atoms with Crippen molar-refractivity contribution in [2.75, 3.05) is 31.8 Å². The second-order valence-corrected chi connectivity index (χ2v) is 8.97. The molecule has 202 valence electrons. The Bertz CT molecular complexity index is 1260. The average molecular weight is 534 g/mol. The molecule has 4 rings (SSSR count). The van der Waals surface area contributed by atoms with Gasteiger partial charge in [-0.25, -0.2) is 5.06 Å². The molecule has 0 unspecified atom stereocenters. The number of fused-ring (bicyclic) bond motifs is 1. The normalized spacial score (nSPS) is 15.8. The number of para-hydroxylation sites is 2. The Morgan fingerprint density at radius 3 is 2.53 bits per heavy atom. The van der Waals surface area contributed by atoms with E-state index in [4.69, 9.17) is 10.1 Å². The molecular weight excluding hydrogens is 507 g/mol. The summed E-state index contributed by atoms with van der Waals surface area (Å²) in [6, 6.07) is 10.9. The number of alkyl halides is 3. The van der Waals surface area contributed by atoms with Gasteiger partial charge >= 0.3 is 12.1 Å². The Balaban J connectivity index is 1.34. The SMILES string of the molecule is COc1ccccc1N(O)CC(=O)N1CCC(N2Cc3ccc(C(=N)NC(=O)C(F)(F)F)cc3C2=O)CC1. The first-order valence-corrected chi connectivity index (χ1v) is 11.8. The highest BCUT2D eigenvalue weighted by molar-refractivity contribution is 6.09. The third-order valence-corrected chi connectivity index (χ3v) is 6.63. The minimum absolute atomic E-state index is 0.0134. The number of rotatable bonds is 6. The number of piperidine rings is 1. The van der Waals surface area contributed by atoms with Crippen LogP contribution in [0.1, 0.15) is 34.3 Å². The van der Waals surface area contributed by atoms with Crippen LogP contribution in [0.25, 0.3) is 0 Å². The smallest absolute Gasteiger partial charge is 0.471 e. The molecule has 2 heterocycles. The molecule has 0 aromatic heterocycles. The van der Waals surface area contributed by atoms with E-state index in [2.05, 4.69) is 0 Å². The van der Waals surface area contributed by atoms with E-state index >= 15 is 0 Å². The van der Waals surface area contributed by atoms with Crippen LogP contribution < -0.4 is 15.1 Å². The third kappa shape index (κ3) is 5.57. The number of anilines is 1. The number of carbonyl (C=O) groups excluding carboxylic acids is 3. The van der Waals surface area contributed by atoms with Crippen LogP contribution in [0.4, 0.5) is 18.9 Å². The molecule has 1 fully saturated rings. The van der Waals surface area contributed by atoms with E-state index in [0.717, 1.165) is 5.06 Å². The highest BCUT2D eigenvalue weighted by Gasteiger charge is 2.40. The van der Waals surface area contributed by atoms with Gasteiger partial charge in [-0.3, -0.25) is 25.0 Å². The number of benzene rings is 2. The van der Waals surface area contributed by atoms with Gasteiger partial charge in [-0.15, -0.1) is 0 Å². The zero-order valence-corrected chi connectivity index (χ0v) is 20.4. The molecular formula is C25H26F3N5O5. The van der Waals surface area contributed by atoms with E-state index in [1.807, 2.05) is 0 Å². The van der Waals surface area contributed by atoms with Crippen LogP contribution >= 0.6 is 0 Å². The number of hydrogen-bond acceptors (Lipinski definition) is 7. The van der Waals surface area contributed by atoms with Crippen LogP contribution in [-0.4, -0.2) is 77.5 Å². The van der Waals surface area contributed by atoms with Gasteiger partial charge in [-0.1, -0.05) is 24.3 Å². The summed E-state index contributed by atoms with van der Waals surface area (Å²) in [5.74, 6) is -3.19. The van der Waals surface area contributed by atoms with Crippen molar-refractivity contribution in [3.63, 3.8) is 0 Å². The summed E-state index contributed by atoms with van der Waals surface area (Å²) in [4.78, 5) is 40.3. The molecule has 0 radical (unpaired) electrons. The van der Waals surface area contributed by atoms with Crippen LogP contribution in [0.2, 0.25) is 0 Å². The van der Waals surface area contributed by atoms with Gasteiger partial charge in [0.15, 0.2) is 0 Å². The number of amidine groups is 1. The van der Waals surface area contributed by atoms with Gasteiger partial charge in [0.05, 0.1) is 7.11 Å². The Hall–Kier alpha value is -4.13. The number of methoxy groups -OCH3 is 1. The van der Waals surface area contributed by atoms with E-state index in [1.54, 1.807) is 40.1 Å². The quantitative estimate of drug-likeness (QED) is 0.298. The average Bonchev–Trinajstić information content (AvgIpc) is 3.23. The molecule has 3 N–H and O–H groups in total. The molecule has 0 atom stereocenters. The molecule has 1 saturated heterocycles. The molecule has 2 aliphatic rings. The van der Waals surface area contributed by atoms with Gasteiger partial charge in [-0.2, -0.15) is 13.2 Å². The number of carbonyl (C=O) groups is 3. The van der Waals surface area contributed by atoms with Crippen LogP contribution in [-0.2, 0) is 16.1 Å². The summed E-state index contributed by atoms with van der Waals surface area (Å²) in [5.41, 5.74) is 1.28. The maximum Gasteiger partial charge on any atom is 0.471 e. The maximum atomic E-state index is 13.1. The number of hydrogen-bond donors (Lipinski definition) is 3. The lowest BCUT2D eigenvalue weighted by molar-refractivity contribution is -0.171. The lowest BCUT2D eigenvalue weighted by Gasteiger charge is -2.37. The number of halogens is 3. The van der Waals surface area contributed by atoms with Crippen molar-refractivity contribution < 1.29 is 37.5 Å². The van der Waals surface area contributed by atoms with Crippen molar-refractivity contribution in [2.24, 2.45) is 0 Å². The van der Waals surface area contributed by atoms with E-state index in [0.29, 0.717) is 49.5 Å². The molecule has 38 heavy (non-hydrogen) atoms. The number of nitrogens with one attached hydrogen (secondary N) is 2. The fourth-order valence-corrected chi connectivity index (χ4v) is 4.61. The van der Waals surface area contributed by atoms with Gasteiger partial charge in [0.25, 0.3) is 5.91 Å². The Morgan fingerprint density at radius 1 is 1.18 bits per heavy atom. The largest absolute Gasteiger partial charge is 0.494 e. The van der Waals surface area contributed by atoms with Crippen molar-refractivity contribution in [1.29, 1.82) is 5.41 Å². The number of nitrogens with zero attached hydrogens (tertiary/aromatic N) is 3.